The normalized spacial score (nSPS) is 17.1. The maximum Gasteiger partial charge on any atom is 0.271 e. The van der Waals surface area contributed by atoms with Gasteiger partial charge in [0, 0.05) is 44.0 Å². The van der Waals surface area contributed by atoms with E-state index < -0.39 is 0 Å². The fourth-order valence-electron chi connectivity index (χ4n) is 3.65. The number of nitrogens with one attached hydrogen (secondary N) is 1. The predicted molar refractivity (Wildman–Crippen MR) is 102 cm³/mol. The first-order valence-electron chi connectivity index (χ1n) is 9.12. The number of aromatic amines is 1. The van der Waals surface area contributed by atoms with Crippen molar-refractivity contribution < 1.29 is 9.53 Å². The van der Waals surface area contributed by atoms with Crippen LogP contribution in [0.5, 0.6) is 5.75 Å². The van der Waals surface area contributed by atoms with Gasteiger partial charge in [0.25, 0.3) is 5.91 Å². The summed E-state index contributed by atoms with van der Waals surface area (Å²) in [5.41, 5.74) is 2.20. The lowest BCUT2D eigenvalue weighted by Crippen LogP contribution is -2.39. The molecule has 3 heterocycles. The number of methoxy groups -OCH3 is 1. The Hall–Kier alpha value is -3.09. The topological polar surface area (TPSA) is 76.0 Å². The third-order valence-electron chi connectivity index (χ3n) is 5.13. The minimum absolute atomic E-state index is 0.0128. The van der Waals surface area contributed by atoms with E-state index in [-0.39, 0.29) is 11.8 Å². The molecule has 7 heteroatoms. The maximum absolute atomic E-state index is 13.0. The SMILES string of the molecule is COc1ccc(-c2cc(C(=O)N3CCC[C@@H](c4nccn4C)C3)[nH]n2)cc1. The molecule has 7 nitrogen and oxygen atoms in total. The minimum Gasteiger partial charge on any atom is -0.497 e. The number of rotatable bonds is 4. The van der Waals surface area contributed by atoms with Gasteiger partial charge in [-0.3, -0.25) is 9.89 Å². The number of H-pyrrole nitrogens is 1. The average molecular weight is 365 g/mol. The number of hydrogen-bond donors (Lipinski definition) is 1. The molecular formula is C20H23N5O2. The van der Waals surface area contributed by atoms with Crippen LogP contribution in [-0.2, 0) is 7.05 Å². The van der Waals surface area contributed by atoms with Gasteiger partial charge >= 0.3 is 0 Å². The Kier molecular flexibility index (Phi) is 4.66. The van der Waals surface area contributed by atoms with Crippen LogP contribution in [0.4, 0.5) is 0 Å². The summed E-state index contributed by atoms with van der Waals surface area (Å²) in [7, 11) is 3.64. The Balaban J connectivity index is 1.49. The molecule has 0 unspecified atom stereocenters. The first kappa shape index (κ1) is 17.3. The second-order valence-corrected chi connectivity index (χ2v) is 6.88. The zero-order valence-corrected chi connectivity index (χ0v) is 15.6. The van der Waals surface area contributed by atoms with Crippen LogP contribution < -0.4 is 4.74 Å². The second-order valence-electron chi connectivity index (χ2n) is 6.88. The van der Waals surface area contributed by atoms with E-state index in [1.165, 1.54) is 0 Å². The monoisotopic (exact) mass is 365 g/mol. The molecule has 27 heavy (non-hydrogen) atoms. The number of ether oxygens (including phenoxy) is 1. The number of nitrogens with zero attached hydrogens (tertiary/aromatic N) is 4. The number of piperidine rings is 1. The second kappa shape index (κ2) is 7.26. The molecule has 2 aromatic heterocycles. The summed E-state index contributed by atoms with van der Waals surface area (Å²) >= 11 is 0. The Labute approximate surface area is 158 Å². The van der Waals surface area contributed by atoms with E-state index in [4.69, 9.17) is 4.74 Å². The average Bonchev–Trinajstić information content (AvgIpc) is 3.37. The number of carbonyl (C=O) groups is 1. The molecule has 4 rings (SSSR count). The number of aryl methyl sites for hydroxylation is 1. The summed E-state index contributed by atoms with van der Waals surface area (Å²) in [4.78, 5) is 19.3. The van der Waals surface area contributed by atoms with Crippen LogP contribution in [0.2, 0.25) is 0 Å². The van der Waals surface area contributed by atoms with Crippen molar-refractivity contribution >= 4 is 5.91 Å². The molecule has 1 aliphatic rings. The van der Waals surface area contributed by atoms with Gasteiger partial charge < -0.3 is 14.2 Å². The summed E-state index contributed by atoms with van der Waals surface area (Å²) in [5.74, 6) is 2.09. The van der Waals surface area contributed by atoms with Crippen molar-refractivity contribution in [3.8, 4) is 17.0 Å². The van der Waals surface area contributed by atoms with Gasteiger partial charge in [0.2, 0.25) is 0 Å². The Morgan fingerprint density at radius 3 is 2.81 bits per heavy atom. The molecule has 0 aliphatic carbocycles. The maximum atomic E-state index is 13.0. The number of amides is 1. The molecule has 1 atom stereocenters. The molecule has 140 valence electrons. The number of aromatic nitrogens is 4. The van der Waals surface area contributed by atoms with Gasteiger partial charge in [-0.2, -0.15) is 5.10 Å². The molecule has 1 aromatic carbocycles. The lowest BCUT2D eigenvalue weighted by molar-refractivity contribution is 0.0697. The molecule has 0 bridgehead atoms. The van der Waals surface area contributed by atoms with Crippen molar-refractivity contribution in [2.24, 2.45) is 7.05 Å². The van der Waals surface area contributed by atoms with Crippen LogP contribution in [0, 0.1) is 0 Å². The van der Waals surface area contributed by atoms with Crippen molar-refractivity contribution in [2.45, 2.75) is 18.8 Å². The van der Waals surface area contributed by atoms with E-state index in [0.29, 0.717) is 12.2 Å². The van der Waals surface area contributed by atoms with Crippen LogP contribution in [0.1, 0.15) is 35.1 Å². The van der Waals surface area contributed by atoms with Gasteiger partial charge in [-0.1, -0.05) is 0 Å². The summed E-state index contributed by atoms with van der Waals surface area (Å²) in [5, 5.41) is 7.21. The summed E-state index contributed by atoms with van der Waals surface area (Å²) in [6.45, 7) is 1.44. The van der Waals surface area contributed by atoms with Crippen LogP contribution in [-0.4, -0.2) is 50.8 Å². The highest BCUT2D eigenvalue weighted by Crippen LogP contribution is 2.27. The molecule has 1 fully saturated rings. The first-order chi connectivity index (χ1) is 13.2. The number of imidazole rings is 1. The fraction of sp³-hybridized carbons (Fsp3) is 0.350. The minimum atomic E-state index is -0.0128. The fourth-order valence-corrected chi connectivity index (χ4v) is 3.65. The molecular weight excluding hydrogens is 342 g/mol. The predicted octanol–water partition coefficient (Wildman–Crippen LogP) is 2.84. The van der Waals surface area contributed by atoms with E-state index in [1.807, 2.05) is 59.2 Å². The van der Waals surface area contributed by atoms with Gasteiger partial charge in [0.1, 0.15) is 17.3 Å². The molecule has 1 amide bonds. The van der Waals surface area contributed by atoms with Crippen LogP contribution >= 0.6 is 0 Å². The van der Waals surface area contributed by atoms with Crippen molar-refractivity contribution in [1.29, 1.82) is 0 Å². The highest BCUT2D eigenvalue weighted by Gasteiger charge is 2.28. The third kappa shape index (κ3) is 3.45. The third-order valence-corrected chi connectivity index (χ3v) is 5.13. The Bertz CT molecular complexity index is 928. The number of hydrogen-bond acceptors (Lipinski definition) is 4. The first-order valence-corrected chi connectivity index (χ1v) is 9.12. The quantitative estimate of drug-likeness (QED) is 0.771. The molecule has 3 aromatic rings. The zero-order chi connectivity index (χ0) is 18.8. The Morgan fingerprint density at radius 2 is 2.11 bits per heavy atom. The van der Waals surface area contributed by atoms with Crippen LogP contribution in [0.25, 0.3) is 11.3 Å². The van der Waals surface area contributed by atoms with Crippen LogP contribution in [0.3, 0.4) is 0 Å². The van der Waals surface area contributed by atoms with Gasteiger partial charge in [0.15, 0.2) is 0 Å². The summed E-state index contributed by atoms with van der Waals surface area (Å²) in [6.07, 6.45) is 5.79. The van der Waals surface area contributed by atoms with E-state index in [9.17, 15) is 4.79 Å². The highest BCUT2D eigenvalue weighted by molar-refractivity contribution is 5.93. The van der Waals surface area contributed by atoms with Crippen molar-refractivity contribution in [1.82, 2.24) is 24.6 Å². The van der Waals surface area contributed by atoms with E-state index in [2.05, 4.69) is 15.2 Å². The molecule has 1 aliphatic heterocycles. The lowest BCUT2D eigenvalue weighted by atomic mass is 9.97. The van der Waals surface area contributed by atoms with E-state index in [1.54, 1.807) is 7.11 Å². The van der Waals surface area contributed by atoms with E-state index >= 15 is 0 Å². The highest BCUT2D eigenvalue weighted by atomic mass is 16.5. The van der Waals surface area contributed by atoms with Gasteiger partial charge in [-0.25, -0.2) is 4.98 Å². The van der Waals surface area contributed by atoms with Crippen molar-refractivity contribution in [2.75, 3.05) is 20.2 Å². The smallest absolute Gasteiger partial charge is 0.271 e. The van der Waals surface area contributed by atoms with E-state index in [0.717, 1.165) is 42.2 Å². The molecule has 1 saturated heterocycles. The standard InChI is InChI=1S/C20H23N5O2/c1-24-11-9-21-19(24)15-4-3-10-25(13-15)20(26)18-12-17(22-23-18)14-5-7-16(27-2)8-6-14/h5-9,11-12,15H,3-4,10,13H2,1-2H3,(H,22,23)/t15-/m1/s1. The largest absolute Gasteiger partial charge is 0.497 e. The Morgan fingerprint density at radius 1 is 1.30 bits per heavy atom. The van der Waals surface area contributed by atoms with Gasteiger partial charge in [-0.15, -0.1) is 0 Å². The number of benzene rings is 1. The van der Waals surface area contributed by atoms with Crippen LogP contribution in [0.15, 0.2) is 42.7 Å². The van der Waals surface area contributed by atoms with Gasteiger partial charge in [0.05, 0.1) is 12.8 Å². The van der Waals surface area contributed by atoms with Gasteiger partial charge in [-0.05, 0) is 43.2 Å². The summed E-state index contributed by atoms with van der Waals surface area (Å²) < 4.78 is 7.22. The van der Waals surface area contributed by atoms with Crippen molar-refractivity contribution in [3.63, 3.8) is 0 Å². The lowest BCUT2D eigenvalue weighted by Gasteiger charge is -2.32. The molecule has 1 N–H and O–H groups in total. The number of carbonyl (C=O) groups excluding carboxylic acids is 1. The molecule has 0 spiro atoms. The molecule has 0 saturated carbocycles. The summed E-state index contributed by atoms with van der Waals surface area (Å²) in [6, 6.07) is 9.44. The zero-order valence-electron chi connectivity index (χ0n) is 15.6. The number of likely N-dealkylation sites (tertiary alicyclic amines) is 1. The van der Waals surface area contributed by atoms with Crippen molar-refractivity contribution in [3.05, 3.63) is 54.2 Å². The molecule has 0 radical (unpaired) electrons.